The molecular formula is C18H27CaNO9S. The van der Waals surface area contributed by atoms with Crippen molar-refractivity contribution in [3.05, 3.63) is 23.8 Å². The summed E-state index contributed by atoms with van der Waals surface area (Å²) >= 11 is 1.31. The predicted octanol–water partition coefficient (Wildman–Crippen LogP) is 1.05. The maximum Gasteiger partial charge on any atom is 2.00 e. The van der Waals surface area contributed by atoms with Crippen molar-refractivity contribution in [2.45, 2.75) is 12.5 Å². The number of carboxylic acid groups (broad SMARTS) is 1. The monoisotopic (exact) mass is 473 g/mol. The number of nitrogens with zero attached hydrogens (tertiary/aromatic N) is 1. The molecule has 1 aromatic carbocycles. The van der Waals surface area contributed by atoms with Crippen molar-refractivity contribution in [2.24, 2.45) is 4.99 Å². The smallest absolute Gasteiger partial charge is 0.870 e. The summed E-state index contributed by atoms with van der Waals surface area (Å²) in [5, 5.41) is 20.0. The van der Waals surface area contributed by atoms with Gasteiger partial charge in [-0.2, -0.15) is 0 Å². The zero-order valence-electron chi connectivity index (χ0n) is 17.1. The first-order valence-electron chi connectivity index (χ1n) is 8.53. The van der Waals surface area contributed by atoms with Crippen molar-refractivity contribution in [2.75, 3.05) is 52.5 Å². The molecule has 166 valence electrons. The van der Waals surface area contributed by atoms with Crippen molar-refractivity contribution >= 4 is 60.5 Å². The largest absolute Gasteiger partial charge is 2.00 e. The number of rotatable bonds is 12. The van der Waals surface area contributed by atoms with Gasteiger partial charge in [-0.05, 0) is 19.1 Å². The van der Waals surface area contributed by atoms with E-state index in [0.717, 1.165) is 0 Å². The van der Waals surface area contributed by atoms with E-state index in [9.17, 15) is 15.0 Å². The van der Waals surface area contributed by atoms with Crippen LogP contribution in [0.25, 0.3) is 0 Å². The number of carbonyl (C=O) groups is 1. The van der Waals surface area contributed by atoms with Crippen molar-refractivity contribution in [1.82, 2.24) is 0 Å². The normalized spacial score (nSPS) is 17.2. The summed E-state index contributed by atoms with van der Waals surface area (Å²) in [6, 6.07) is 4.87. The molecule has 0 radical (unpaired) electrons. The van der Waals surface area contributed by atoms with Gasteiger partial charge in [-0.1, -0.05) is 0 Å². The first kappa shape index (κ1) is 31.6. The van der Waals surface area contributed by atoms with Crippen molar-refractivity contribution in [3.63, 3.8) is 0 Å². The summed E-state index contributed by atoms with van der Waals surface area (Å²) in [5.74, 6) is -0.141. The maximum absolute atomic E-state index is 11.3. The van der Waals surface area contributed by atoms with E-state index in [2.05, 4.69) is 4.99 Å². The summed E-state index contributed by atoms with van der Waals surface area (Å²) in [6.07, 6.45) is 0. The van der Waals surface area contributed by atoms with Crippen molar-refractivity contribution in [1.29, 1.82) is 0 Å². The van der Waals surface area contributed by atoms with Gasteiger partial charge in [-0.25, -0.2) is 4.79 Å². The number of hydrogen-bond donors (Lipinski definition) is 2. The van der Waals surface area contributed by atoms with E-state index in [1.54, 1.807) is 26.2 Å². The molecule has 1 aromatic rings. The third kappa shape index (κ3) is 9.67. The van der Waals surface area contributed by atoms with Gasteiger partial charge >= 0.3 is 43.7 Å². The second kappa shape index (κ2) is 16.1. The molecule has 0 unspecified atom stereocenters. The Kier molecular flexibility index (Phi) is 16.9. The molecule has 2 rings (SSSR count). The van der Waals surface area contributed by atoms with Crippen LogP contribution in [0.2, 0.25) is 0 Å². The van der Waals surface area contributed by atoms with E-state index in [1.807, 2.05) is 0 Å². The van der Waals surface area contributed by atoms with Crippen LogP contribution in [-0.2, 0) is 19.0 Å². The molecule has 0 saturated carbocycles. The molecule has 0 saturated heterocycles. The van der Waals surface area contributed by atoms with Gasteiger partial charge in [0.1, 0.15) is 23.1 Å². The van der Waals surface area contributed by atoms with Crippen LogP contribution in [0.3, 0.4) is 0 Å². The van der Waals surface area contributed by atoms with Gasteiger partial charge in [0, 0.05) is 24.5 Å². The molecule has 1 heterocycles. The molecule has 30 heavy (non-hydrogen) atoms. The average molecular weight is 474 g/mol. The minimum Gasteiger partial charge on any atom is -0.870 e. The average Bonchev–Trinajstić information content (AvgIpc) is 3.04. The Hall–Kier alpha value is -0.630. The van der Waals surface area contributed by atoms with E-state index in [4.69, 9.17) is 18.9 Å². The van der Waals surface area contributed by atoms with Crippen molar-refractivity contribution in [3.8, 4) is 11.5 Å². The molecule has 0 fully saturated rings. The Morgan fingerprint density at radius 1 is 1.13 bits per heavy atom. The van der Waals surface area contributed by atoms with Gasteiger partial charge in [0.25, 0.3) is 0 Å². The number of methoxy groups -OCH3 is 1. The van der Waals surface area contributed by atoms with Gasteiger partial charge < -0.3 is 40.1 Å². The molecule has 0 amide bonds. The molecule has 0 aromatic heterocycles. The van der Waals surface area contributed by atoms with Gasteiger partial charge in [0.15, 0.2) is 5.54 Å². The SMILES string of the molecule is COCCOCCOCCOc1ccc(C2=N[C@@](C)(C(=O)O)CS2)c(O)c1.[Ca+2].[OH-].[OH-]. The van der Waals surface area contributed by atoms with Gasteiger partial charge in [-0.15, -0.1) is 11.8 Å². The molecular weight excluding hydrogens is 446 g/mol. The van der Waals surface area contributed by atoms with Crippen LogP contribution in [0, 0.1) is 0 Å². The van der Waals surface area contributed by atoms with E-state index in [1.165, 1.54) is 17.8 Å². The van der Waals surface area contributed by atoms with Crippen LogP contribution >= 0.6 is 11.8 Å². The first-order chi connectivity index (χ1) is 13.0. The van der Waals surface area contributed by atoms with Crippen LogP contribution in [-0.4, -0.2) is 128 Å². The number of hydrogen-bond acceptors (Lipinski definition) is 10. The van der Waals surface area contributed by atoms with Crippen LogP contribution in [0.5, 0.6) is 11.5 Å². The zero-order chi connectivity index (χ0) is 19.7. The number of carboxylic acids is 1. The fraction of sp³-hybridized carbons (Fsp3) is 0.556. The van der Waals surface area contributed by atoms with E-state index in [0.29, 0.717) is 61.8 Å². The Balaban J connectivity index is 0. The van der Waals surface area contributed by atoms with Crippen LogP contribution in [0.15, 0.2) is 23.2 Å². The van der Waals surface area contributed by atoms with E-state index >= 15 is 0 Å². The summed E-state index contributed by atoms with van der Waals surface area (Å²) in [4.78, 5) is 15.5. The Morgan fingerprint density at radius 2 is 1.73 bits per heavy atom. The minimum atomic E-state index is -1.16. The van der Waals surface area contributed by atoms with Crippen LogP contribution in [0.1, 0.15) is 12.5 Å². The van der Waals surface area contributed by atoms with Crippen molar-refractivity contribution < 1.29 is 44.9 Å². The quantitative estimate of drug-likeness (QED) is 0.331. The number of phenolic OH excluding ortho intramolecular Hbond substituents is 1. The molecule has 0 aliphatic carbocycles. The molecule has 10 nitrogen and oxygen atoms in total. The minimum absolute atomic E-state index is 0. The number of aliphatic imine (C=N–C) groups is 1. The molecule has 4 N–H and O–H groups in total. The van der Waals surface area contributed by atoms with Crippen LogP contribution in [0.4, 0.5) is 0 Å². The number of aromatic hydroxyl groups is 1. The second-order valence-corrected chi connectivity index (χ2v) is 6.99. The Labute approximate surface area is 209 Å². The Morgan fingerprint density at radius 3 is 2.27 bits per heavy atom. The number of ether oxygens (including phenoxy) is 4. The fourth-order valence-corrected chi connectivity index (χ4v) is 3.41. The molecule has 1 aliphatic heterocycles. The van der Waals surface area contributed by atoms with Gasteiger partial charge in [0.2, 0.25) is 0 Å². The zero-order valence-corrected chi connectivity index (χ0v) is 20.1. The third-order valence-corrected chi connectivity index (χ3v) is 5.09. The molecule has 1 atom stereocenters. The fourth-order valence-electron chi connectivity index (χ4n) is 2.21. The maximum atomic E-state index is 11.3. The van der Waals surface area contributed by atoms with E-state index in [-0.39, 0.29) is 54.4 Å². The van der Waals surface area contributed by atoms with Crippen LogP contribution < -0.4 is 4.74 Å². The molecule has 12 heteroatoms. The molecule has 1 aliphatic rings. The van der Waals surface area contributed by atoms with E-state index < -0.39 is 11.5 Å². The summed E-state index contributed by atoms with van der Waals surface area (Å²) < 4.78 is 21.1. The Bertz CT molecular complexity index is 677. The number of phenols is 1. The van der Waals surface area contributed by atoms with Gasteiger partial charge in [0.05, 0.1) is 33.0 Å². The first-order valence-corrected chi connectivity index (χ1v) is 9.51. The number of benzene rings is 1. The number of thioether (sulfide) groups is 1. The summed E-state index contributed by atoms with van der Waals surface area (Å²) in [6.45, 7) is 4.36. The standard InChI is InChI=1S/C18H25NO7S.Ca.2H2O/c1-18(17(21)22)12-27-16(19-18)14-4-3-13(11-15(14)20)26-10-9-25-8-7-24-6-5-23-2;;;/h3-4,11,20H,5-10,12H2,1-2H3,(H,21,22);;2*1H2/q;+2;;/p-2/t18-;;;/m1.../s1. The topological polar surface area (TPSA) is 167 Å². The van der Waals surface area contributed by atoms with Gasteiger partial charge in [-0.3, -0.25) is 4.99 Å². The summed E-state index contributed by atoms with van der Waals surface area (Å²) in [7, 11) is 1.62. The third-order valence-electron chi connectivity index (χ3n) is 3.80. The number of aliphatic carboxylic acids is 1. The molecule has 0 spiro atoms. The summed E-state index contributed by atoms with van der Waals surface area (Å²) in [5.41, 5.74) is -0.659. The molecule has 0 bridgehead atoms. The second-order valence-electron chi connectivity index (χ2n) is 6.03. The predicted molar refractivity (Wildman–Crippen MR) is 112 cm³/mol.